The molecule has 0 bridgehead atoms. The Balaban J connectivity index is 2.50. The molecule has 1 N–H and O–H groups in total. The van der Waals surface area contributed by atoms with Gasteiger partial charge < -0.3 is 5.32 Å². The van der Waals surface area contributed by atoms with Crippen LogP contribution in [0.15, 0.2) is 36.5 Å². The molecule has 0 aliphatic heterocycles. The third-order valence-corrected chi connectivity index (χ3v) is 2.62. The lowest BCUT2D eigenvalue weighted by molar-refractivity contribution is 0.588. The van der Waals surface area contributed by atoms with Crippen LogP contribution < -0.4 is 5.32 Å². The zero-order chi connectivity index (χ0) is 10.7. The van der Waals surface area contributed by atoms with Gasteiger partial charge in [0.15, 0.2) is 0 Å². The maximum absolute atomic E-state index is 4.46. The largest absolute Gasteiger partial charge is 0.309 e. The molecule has 78 valence electrons. The smallest absolute Gasteiger partial charge is 0.0648 e. The molecular weight excluding hydrogens is 184 g/mol. The van der Waals surface area contributed by atoms with E-state index in [9.17, 15) is 0 Å². The van der Waals surface area contributed by atoms with Crippen molar-refractivity contribution in [3.05, 3.63) is 42.2 Å². The Hall–Kier alpha value is -1.41. The fourth-order valence-electron chi connectivity index (χ4n) is 1.89. The van der Waals surface area contributed by atoms with Crippen LogP contribution in [-0.4, -0.2) is 11.5 Å². The van der Waals surface area contributed by atoms with Gasteiger partial charge in [-0.25, -0.2) is 0 Å². The summed E-state index contributed by atoms with van der Waals surface area (Å²) in [6, 6.07) is 10.7. The van der Waals surface area contributed by atoms with Crippen molar-refractivity contribution >= 4 is 10.8 Å². The van der Waals surface area contributed by atoms with E-state index in [1.807, 2.05) is 6.20 Å². The van der Waals surface area contributed by atoms with Crippen LogP contribution >= 0.6 is 0 Å². The second kappa shape index (κ2) is 4.41. The molecule has 2 rings (SSSR count). The molecule has 0 aliphatic carbocycles. The summed E-state index contributed by atoms with van der Waals surface area (Å²) in [4.78, 5) is 4.46. The van der Waals surface area contributed by atoms with Crippen LogP contribution in [0.1, 0.15) is 25.6 Å². The first-order chi connectivity index (χ1) is 7.33. The first-order valence-corrected chi connectivity index (χ1v) is 5.40. The zero-order valence-corrected chi connectivity index (χ0v) is 9.20. The van der Waals surface area contributed by atoms with Crippen LogP contribution in [0.3, 0.4) is 0 Å². The molecule has 0 radical (unpaired) electrons. The van der Waals surface area contributed by atoms with Gasteiger partial charge >= 0.3 is 0 Å². The summed E-state index contributed by atoms with van der Waals surface area (Å²) in [6.07, 6.45) is 1.88. The number of hydrogen-bond donors (Lipinski definition) is 1. The van der Waals surface area contributed by atoms with Gasteiger partial charge in [-0.15, -0.1) is 0 Å². The molecule has 0 fully saturated rings. The third kappa shape index (κ3) is 2.00. The Morgan fingerprint density at radius 1 is 1.27 bits per heavy atom. The summed E-state index contributed by atoms with van der Waals surface area (Å²) in [7, 11) is 0. The lowest BCUT2D eigenvalue weighted by Gasteiger charge is -2.13. The van der Waals surface area contributed by atoms with E-state index in [-0.39, 0.29) is 0 Å². The van der Waals surface area contributed by atoms with Crippen LogP contribution in [0.2, 0.25) is 0 Å². The van der Waals surface area contributed by atoms with E-state index in [4.69, 9.17) is 0 Å². The quantitative estimate of drug-likeness (QED) is 0.824. The summed E-state index contributed by atoms with van der Waals surface area (Å²) in [6.45, 7) is 5.23. The van der Waals surface area contributed by atoms with Crippen LogP contribution in [0.25, 0.3) is 10.8 Å². The Labute approximate surface area is 90.3 Å². The van der Waals surface area contributed by atoms with E-state index in [0.717, 1.165) is 12.2 Å². The van der Waals surface area contributed by atoms with Gasteiger partial charge in [0.25, 0.3) is 0 Å². The Morgan fingerprint density at radius 3 is 2.87 bits per heavy atom. The van der Waals surface area contributed by atoms with Gasteiger partial charge in [0.05, 0.1) is 5.69 Å². The standard InChI is InChI=1S/C13H16N2/c1-3-14-10(2)13-12-7-5-4-6-11(12)8-9-15-13/h4-10,14H,3H2,1-2H3. The SMILES string of the molecule is CCNC(C)c1nccc2ccccc12. The monoisotopic (exact) mass is 200 g/mol. The number of benzene rings is 1. The highest BCUT2D eigenvalue weighted by Crippen LogP contribution is 2.21. The summed E-state index contributed by atoms with van der Waals surface area (Å²) >= 11 is 0. The minimum atomic E-state index is 0.307. The molecule has 1 heterocycles. The molecule has 2 heteroatoms. The summed E-state index contributed by atoms with van der Waals surface area (Å²) in [5, 5.41) is 5.89. The first-order valence-electron chi connectivity index (χ1n) is 5.40. The molecule has 1 atom stereocenters. The van der Waals surface area contributed by atoms with Gasteiger partial charge in [0.1, 0.15) is 0 Å². The summed E-state index contributed by atoms with van der Waals surface area (Å²) in [5.74, 6) is 0. The maximum Gasteiger partial charge on any atom is 0.0648 e. The Morgan fingerprint density at radius 2 is 2.07 bits per heavy atom. The third-order valence-electron chi connectivity index (χ3n) is 2.62. The van der Waals surface area contributed by atoms with E-state index in [0.29, 0.717) is 6.04 Å². The molecule has 0 saturated carbocycles. The van der Waals surface area contributed by atoms with E-state index in [1.54, 1.807) is 0 Å². The molecule has 0 saturated heterocycles. The predicted molar refractivity (Wildman–Crippen MR) is 63.8 cm³/mol. The molecule has 2 aromatic rings. The molecule has 1 aromatic carbocycles. The molecule has 0 aliphatic rings. The molecule has 2 nitrogen and oxygen atoms in total. The summed E-state index contributed by atoms with van der Waals surface area (Å²) in [5.41, 5.74) is 1.13. The Bertz CT molecular complexity index is 446. The fraction of sp³-hybridized carbons (Fsp3) is 0.308. The fourth-order valence-corrected chi connectivity index (χ4v) is 1.89. The van der Waals surface area contributed by atoms with E-state index >= 15 is 0 Å². The van der Waals surface area contributed by atoms with Crippen LogP contribution in [0.4, 0.5) is 0 Å². The van der Waals surface area contributed by atoms with Crippen molar-refractivity contribution in [3.8, 4) is 0 Å². The van der Waals surface area contributed by atoms with Crippen molar-refractivity contribution in [2.75, 3.05) is 6.54 Å². The highest BCUT2D eigenvalue weighted by atomic mass is 14.9. The highest BCUT2D eigenvalue weighted by Gasteiger charge is 2.08. The second-order valence-corrected chi connectivity index (χ2v) is 3.70. The number of nitrogens with one attached hydrogen (secondary N) is 1. The van der Waals surface area contributed by atoms with Gasteiger partial charge in [-0.1, -0.05) is 31.2 Å². The predicted octanol–water partition coefficient (Wildman–Crippen LogP) is 2.91. The normalized spacial score (nSPS) is 12.9. The second-order valence-electron chi connectivity index (χ2n) is 3.70. The number of rotatable bonds is 3. The van der Waals surface area contributed by atoms with E-state index < -0.39 is 0 Å². The molecule has 1 unspecified atom stereocenters. The van der Waals surface area contributed by atoms with Crippen LogP contribution in [0.5, 0.6) is 0 Å². The van der Waals surface area contributed by atoms with Gasteiger partial charge in [0.2, 0.25) is 0 Å². The molecule has 0 spiro atoms. The molecule has 15 heavy (non-hydrogen) atoms. The number of pyridine rings is 1. The minimum Gasteiger partial charge on any atom is -0.309 e. The van der Waals surface area contributed by atoms with Crippen molar-refractivity contribution in [2.24, 2.45) is 0 Å². The average molecular weight is 200 g/mol. The van der Waals surface area contributed by atoms with Gasteiger partial charge in [-0.3, -0.25) is 4.98 Å². The number of hydrogen-bond acceptors (Lipinski definition) is 2. The Kier molecular flexibility index (Phi) is 2.97. The maximum atomic E-state index is 4.46. The lowest BCUT2D eigenvalue weighted by Crippen LogP contribution is -2.18. The highest BCUT2D eigenvalue weighted by molar-refractivity contribution is 5.84. The lowest BCUT2D eigenvalue weighted by atomic mass is 10.1. The van der Waals surface area contributed by atoms with Crippen molar-refractivity contribution < 1.29 is 0 Å². The zero-order valence-electron chi connectivity index (χ0n) is 9.20. The van der Waals surface area contributed by atoms with E-state index in [2.05, 4.69) is 54.5 Å². The molecular formula is C13H16N2. The average Bonchev–Trinajstić information content (AvgIpc) is 2.28. The van der Waals surface area contributed by atoms with Crippen LogP contribution in [-0.2, 0) is 0 Å². The topological polar surface area (TPSA) is 24.9 Å². The molecule has 1 aromatic heterocycles. The van der Waals surface area contributed by atoms with Crippen molar-refractivity contribution in [2.45, 2.75) is 19.9 Å². The minimum absolute atomic E-state index is 0.307. The summed E-state index contributed by atoms with van der Waals surface area (Å²) < 4.78 is 0. The van der Waals surface area contributed by atoms with Gasteiger partial charge in [0, 0.05) is 17.6 Å². The molecule has 0 amide bonds. The van der Waals surface area contributed by atoms with Crippen LogP contribution in [0, 0.1) is 0 Å². The van der Waals surface area contributed by atoms with Gasteiger partial charge in [-0.2, -0.15) is 0 Å². The number of aromatic nitrogens is 1. The van der Waals surface area contributed by atoms with Gasteiger partial charge in [-0.05, 0) is 24.9 Å². The number of fused-ring (bicyclic) bond motifs is 1. The number of nitrogens with zero attached hydrogens (tertiary/aromatic N) is 1. The van der Waals surface area contributed by atoms with Crippen molar-refractivity contribution in [3.63, 3.8) is 0 Å². The van der Waals surface area contributed by atoms with E-state index in [1.165, 1.54) is 10.8 Å². The van der Waals surface area contributed by atoms with Crippen molar-refractivity contribution in [1.82, 2.24) is 10.3 Å². The van der Waals surface area contributed by atoms with Crippen molar-refractivity contribution in [1.29, 1.82) is 0 Å². The first kappa shape index (κ1) is 10.1.